The molecule has 0 aliphatic carbocycles. The minimum Gasteiger partial charge on any atom is -0.484 e. The van der Waals surface area contributed by atoms with Crippen molar-refractivity contribution in [3.63, 3.8) is 0 Å². The first-order valence-electron chi connectivity index (χ1n) is 13.3. The van der Waals surface area contributed by atoms with Crippen LogP contribution in [-0.2, 0) is 9.59 Å². The van der Waals surface area contributed by atoms with Crippen LogP contribution in [0.2, 0.25) is 0 Å². The number of nitrogens with one attached hydrogen (secondary N) is 1. The zero-order chi connectivity index (χ0) is 27.2. The number of nitrogens with zero attached hydrogens (tertiary/aromatic N) is 4. The summed E-state index contributed by atoms with van der Waals surface area (Å²) in [5, 5.41) is 3.27. The molecule has 2 aliphatic rings. The molecule has 0 saturated carbocycles. The van der Waals surface area contributed by atoms with E-state index in [9.17, 15) is 14.4 Å². The summed E-state index contributed by atoms with van der Waals surface area (Å²) in [7, 11) is 2.15. The molecule has 2 amide bonds. The number of likely N-dealkylation sites (tertiary alicyclic amines) is 1. The van der Waals surface area contributed by atoms with Crippen LogP contribution in [0, 0.1) is 0 Å². The number of thiazole rings is 1. The van der Waals surface area contributed by atoms with Gasteiger partial charge in [-0.3, -0.25) is 24.6 Å². The second-order valence-corrected chi connectivity index (χ2v) is 11.0. The predicted octanol–water partition coefficient (Wildman–Crippen LogP) is 4.13. The first-order chi connectivity index (χ1) is 18.9. The van der Waals surface area contributed by atoms with Crippen LogP contribution in [0.25, 0.3) is 10.2 Å². The van der Waals surface area contributed by atoms with E-state index in [1.165, 1.54) is 23.5 Å². The van der Waals surface area contributed by atoms with Crippen LogP contribution < -0.4 is 10.1 Å². The SMILES string of the molecule is CN1CCN(C2CCN(C(=O)C=CC(=O)c3ccc(OCC(=O)Nc4nc5ccccc5s4)cc3)CC2)CC1.Cl.Cl. The molecule has 2 aliphatic heterocycles. The molecular weight excluding hydrogens is 585 g/mol. The maximum absolute atomic E-state index is 12.6. The van der Waals surface area contributed by atoms with Gasteiger partial charge in [0.1, 0.15) is 5.75 Å². The van der Waals surface area contributed by atoms with Crippen LogP contribution in [-0.4, -0.2) is 96.2 Å². The Balaban J connectivity index is 0.00000231. The number of fused-ring (bicyclic) bond motifs is 1. The summed E-state index contributed by atoms with van der Waals surface area (Å²) in [4.78, 5) is 48.6. The fourth-order valence-electron chi connectivity index (χ4n) is 4.93. The number of hydrogen-bond acceptors (Lipinski definition) is 8. The van der Waals surface area contributed by atoms with Crippen LogP contribution in [0.15, 0.2) is 60.7 Å². The normalized spacial score (nSPS) is 16.7. The van der Waals surface area contributed by atoms with Crippen LogP contribution in [0.1, 0.15) is 23.2 Å². The molecule has 2 fully saturated rings. The van der Waals surface area contributed by atoms with Crippen molar-refractivity contribution in [2.75, 3.05) is 58.2 Å². The topological polar surface area (TPSA) is 95.1 Å². The summed E-state index contributed by atoms with van der Waals surface area (Å²) in [6.45, 7) is 5.62. The third kappa shape index (κ3) is 8.73. The molecule has 12 heteroatoms. The van der Waals surface area contributed by atoms with E-state index in [1.54, 1.807) is 24.3 Å². The lowest BCUT2D eigenvalue weighted by Gasteiger charge is -2.41. The summed E-state index contributed by atoms with van der Waals surface area (Å²) >= 11 is 1.40. The van der Waals surface area contributed by atoms with E-state index < -0.39 is 0 Å². The second-order valence-electron chi connectivity index (χ2n) is 9.94. The summed E-state index contributed by atoms with van der Waals surface area (Å²) in [5.74, 6) is -0.229. The molecule has 220 valence electrons. The van der Waals surface area contributed by atoms with Crippen LogP contribution in [0.3, 0.4) is 0 Å². The summed E-state index contributed by atoms with van der Waals surface area (Å²) in [6.07, 6.45) is 4.64. The third-order valence-electron chi connectivity index (χ3n) is 7.26. The Morgan fingerprint density at radius 2 is 1.63 bits per heavy atom. The monoisotopic (exact) mass is 619 g/mol. The highest BCUT2D eigenvalue weighted by molar-refractivity contribution is 7.22. The number of likely N-dealkylation sites (N-methyl/N-ethyl adjacent to an activating group) is 1. The maximum Gasteiger partial charge on any atom is 0.264 e. The third-order valence-corrected chi connectivity index (χ3v) is 8.21. The number of piperazine rings is 1. The second kappa shape index (κ2) is 15.3. The Morgan fingerprint density at radius 3 is 2.32 bits per heavy atom. The van der Waals surface area contributed by atoms with E-state index in [4.69, 9.17) is 4.74 Å². The van der Waals surface area contributed by atoms with Gasteiger partial charge in [-0.25, -0.2) is 4.98 Å². The van der Waals surface area contributed by atoms with Gasteiger partial charge in [0.25, 0.3) is 5.91 Å². The number of carbonyl (C=O) groups is 3. The van der Waals surface area contributed by atoms with Gasteiger partial charge in [0.05, 0.1) is 10.2 Å². The predicted molar refractivity (Wildman–Crippen MR) is 167 cm³/mol. The molecule has 41 heavy (non-hydrogen) atoms. The van der Waals surface area contributed by atoms with Crippen LogP contribution in [0.4, 0.5) is 5.13 Å². The number of aromatic nitrogens is 1. The Kier molecular flexibility index (Phi) is 12.1. The quantitative estimate of drug-likeness (QED) is 0.299. The molecule has 3 aromatic rings. The first kappa shape index (κ1) is 32.5. The number of ketones is 1. The summed E-state index contributed by atoms with van der Waals surface area (Å²) in [6, 6.07) is 14.7. The van der Waals surface area contributed by atoms with Gasteiger partial charge in [-0.1, -0.05) is 23.5 Å². The molecule has 0 atom stereocenters. The van der Waals surface area contributed by atoms with Gasteiger partial charge in [-0.2, -0.15) is 0 Å². The lowest BCUT2D eigenvalue weighted by Crippen LogP contribution is -2.52. The molecule has 1 aromatic heterocycles. The van der Waals surface area contributed by atoms with Crippen molar-refractivity contribution >= 4 is 69.1 Å². The molecule has 0 unspecified atom stereocenters. The Labute approximate surface area is 256 Å². The number of anilines is 1. The number of piperidine rings is 1. The van der Waals surface area contributed by atoms with Gasteiger partial charge in [-0.15, -0.1) is 24.8 Å². The molecular formula is C29H35Cl2N5O4S. The van der Waals surface area contributed by atoms with Crippen molar-refractivity contribution in [2.24, 2.45) is 0 Å². The van der Waals surface area contributed by atoms with E-state index >= 15 is 0 Å². The van der Waals surface area contributed by atoms with Crippen molar-refractivity contribution in [1.29, 1.82) is 0 Å². The maximum atomic E-state index is 12.6. The largest absolute Gasteiger partial charge is 0.484 e. The van der Waals surface area contributed by atoms with Crippen molar-refractivity contribution < 1.29 is 19.1 Å². The smallest absolute Gasteiger partial charge is 0.264 e. The number of halogens is 2. The summed E-state index contributed by atoms with van der Waals surface area (Å²) < 4.78 is 6.55. The standard InChI is InChI=1S/C29H33N5O4S.2ClH/c1-32-16-18-33(19-17-32)22-12-14-34(15-13-22)28(37)11-10-25(35)21-6-8-23(9-7-21)38-20-27(36)31-29-30-24-4-2-3-5-26(24)39-29;;/h2-11,22H,12-20H2,1H3,(H,30,31,36);2*1H. The Hall–Kier alpha value is -3.02. The molecule has 1 N–H and O–H groups in total. The number of allylic oxidation sites excluding steroid dienone is 1. The highest BCUT2D eigenvalue weighted by Gasteiger charge is 2.27. The average Bonchev–Trinajstić information content (AvgIpc) is 3.37. The van der Waals surface area contributed by atoms with Crippen molar-refractivity contribution in [1.82, 2.24) is 19.7 Å². The first-order valence-corrected chi connectivity index (χ1v) is 14.1. The van der Waals surface area contributed by atoms with Gasteiger partial charge in [0.2, 0.25) is 5.91 Å². The number of benzene rings is 2. The highest BCUT2D eigenvalue weighted by Crippen LogP contribution is 2.25. The number of carbonyl (C=O) groups excluding carboxylic acids is 3. The molecule has 0 bridgehead atoms. The minimum atomic E-state index is -0.316. The van der Waals surface area contributed by atoms with E-state index in [2.05, 4.69) is 27.1 Å². The average molecular weight is 621 g/mol. The fourth-order valence-corrected chi connectivity index (χ4v) is 5.81. The highest BCUT2D eigenvalue weighted by atomic mass is 35.5. The van der Waals surface area contributed by atoms with Gasteiger partial charge in [-0.05, 0) is 62.4 Å². The van der Waals surface area contributed by atoms with Crippen molar-refractivity contribution in [2.45, 2.75) is 18.9 Å². The van der Waals surface area contributed by atoms with Crippen LogP contribution in [0.5, 0.6) is 5.75 Å². The van der Waals surface area contributed by atoms with E-state index in [-0.39, 0.29) is 49.0 Å². The van der Waals surface area contributed by atoms with Gasteiger partial charge >= 0.3 is 0 Å². The van der Waals surface area contributed by atoms with E-state index in [0.29, 0.717) is 35.6 Å². The Morgan fingerprint density at radius 1 is 0.951 bits per heavy atom. The molecule has 0 radical (unpaired) electrons. The van der Waals surface area contributed by atoms with Gasteiger partial charge < -0.3 is 14.5 Å². The number of amides is 2. The van der Waals surface area contributed by atoms with Crippen molar-refractivity contribution in [3.8, 4) is 5.75 Å². The number of rotatable bonds is 8. The number of para-hydroxylation sites is 1. The zero-order valence-corrected chi connectivity index (χ0v) is 25.3. The van der Waals surface area contributed by atoms with E-state index in [1.807, 2.05) is 29.2 Å². The molecule has 3 heterocycles. The lowest BCUT2D eigenvalue weighted by molar-refractivity contribution is -0.127. The number of hydrogen-bond donors (Lipinski definition) is 1. The minimum absolute atomic E-state index is 0. The van der Waals surface area contributed by atoms with Crippen LogP contribution >= 0.6 is 36.2 Å². The molecule has 0 spiro atoms. The van der Waals surface area contributed by atoms with E-state index in [0.717, 1.165) is 49.2 Å². The molecule has 2 aromatic carbocycles. The zero-order valence-electron chi connectivity index (χ0n) is 22.9. The summed E-state index contributed by atoms with van der Waals surface area (Å²) in [5.41, 5.74) is 1.28. The molecule has 5 rings (SSSR count). The molecule has 9 nitrogen and oxygen atoms in total. The van der Waals surface area contributed by atoms with Gasteiger partial charge in [0, 0.05) is 56.9 Å². The Bertz CT molecular complexity index is 1320. The fraction of sp³-hybridized carbons (Fsp3) is 0.379. The number of ether oxygens (including phenoxy) is 1. The lowest BCUT2D eigenvalue weighted by atomic mass is 10.0. The van der Waals surface area contributed by atoms with Crippen molar-refractivity contribution in [3.05, 3.63) is 66.2 Å². The molecule has 2 saturated heterocycles. The van der Waals surface area contributed by atoms with Gasteiger partial charge in [0.15, 0.2) is 17.5 Å².